The normalized spacial score (nSPS) is 12.0. The molecule has 3 N–H and O–H groups in total. The maximum absolute atomic E-state index is 12.5. The summed E-state index contributed by atoms with van der Waals surface area (Å²) in [5.41, 5.74) is 5.87. The van der Waals surface area contributed by atoms with E-state index in [9.17, 15) is 13.6 Å². The number of unbranched alkanes of at least 4 members (excludes halogenated alkanes) is 1. The number of halogens is 2. The summed E-state index contributed by atoms with van der Waals surface area (Å²) < 4.78 is 39.5. The van der Waals surface area contributed by atoms with E-state index in [0.29, 0.717) is 6.54 Å². The molecule has 0 aliphatic carbocycles. The molecule has 0 heterocycles. The molecule has 0 saturated carbocycles. The van der Waals surface area contributed by atoms with Crippen molar-refractivity contribution in [2.45, 2.75) is 38.8 Å². The molecule has 6 nitrogen and oxygen atoms in total. The number of methoxy groups -OCH3 is 2. The number of hydrogen-bond donors (Lipinski definition) is 2. The first-order chi connectivity index (χ1) is 11.5. The van der Waals surface area contributed by atoms with Crippen LogP contribution in [0.15, 0.2) is 12.1 Å². The summed E-state index contributed by atoms with van der Waals surface area (Å²) in [6.45, 7) is -0.678. The Kier molecular flexibility index (Phi) is 8.25. The van der Waals surface area contributed by atoms with Gasteiger partial charge >= 0.3 is 6.61 Å². The van der Waals surface area contributed by atoms with Crippen molar-refractivity contribution in [2.75, 3.05) is 20.8 Å². The zero-order valence-corrected chi connectivity index (χ0v) is 14.1. The van der Waals surface area contributed by atoms with Crippen molar-refractivity contribution in [3.05, 3.63) is 17.7 Å². The standard InChI is InChI=1S/C16H24F2N2O4/c1-4-5-6-11(9-19)20-15(21)10-7-12(22-2)14(24-16(17)18)13(8-10)23-3/h7-8,11,16H,4-6,9,19H2,1-3H3,(H,20,21). The number of nitrogens with two attached hydrogens (primary N) is 1. The lowest BCUT2D eigenvalue weighted by Crippen LogP contribution is -2.40. The van der Waals surface area contributed by atoms with Crippen molar-refractivity contribution < 1.29 is 27.8 Å². The minimum absolute atomic E-state index is 0.0161. The van der Waals surface area contributed by atoms with Crippen LogP contribution in [0.1, 0.15) is 36.5 Å². The van der Waals surface area contributed by atoms with Gasteiger partial charge in [-0.3, -0.25) is 4.79 Å². The number of hydrogen-bond acceptors (Lipinski definition) is 5. The summed E-state index contributed by atoms with van der Waals surface area (Å²) in [4.78, 5) is 12.4. The van der Waals surface area contributed by atoms with Crippen LogP contribution in [0, 0.1) is 0 Å². The van der Waals surface area contributed by atoms with Gasteiger partial charge in [-0.1, -0.05) is 19.8 Å². The summed E-state index contributed by atoms with van der Waals surface area (Å²) in [5, 5.41) is 2.82. The fourth-order valence-corrected chi connectivity index (χ4v) is 2.18. The Labute approximate surface area is 140 Å². The number of alkyl halides is 2. The molecule has 136 valence electrons. The van der Waals surface area contributed by atoms with Gasteiger partial charge in [0.1, 0.15) is 0 Å². The van der Waals surface area contributed by atoms with Gasteiger partial charge in [-0.2, -0.15) is 8.78 Å². The van der Waals surface area contributed by atoms with Crippen LogP contribution in [-0.4, -0.2) is 39.3 Å². The Morgan fingerprint density at radius 1 is 1.25 bits per heavy atom. The molecule has 0 aliphatic rings. The maximum atomic E-state index is 12.5. The van der Waals surface area contributed by atoms with Crippen LogP contribution in [0.25, 0.3) is 0 Å². The molecule has 1 aromatic carbocycles. The predicted octanol–water partition coefficient (Wildman–Crippen LogP) is 2.55. The number of ether oxygens (including phenoxy) is 3. The average molecular weight is 346 g/mol. The molecule has 0 aromatic heterocycles. The van der Waals surface area contributed by atoms with E-state index in [1.54, 1.807) is 0 Å². The lowest BCUT2D eigenvalue weighted by molar-refractivity contribution is -0.0526. The minimum atomic E-state index is -3.04. The molecular formula is C16H24F2N2O4. The van der Waals surface area contributed by atoms with Crippen LogP contribution in [0.5, 0.6) is 17.2 Å². The van der Waals surface area contributed by atoms with E-state index >= 15 is 0 Å². The first kappa shape index (κ1) is 20.0. The Bertz CT molecular complexity index is 516. The Balaban J connectivity index is 3.04. The first-order valence-corrected chi connectivity index (χ1v) is 7.68. The van der Waals surface area contributed by atoms with Crippen molar-refractivity contribution in [3.63, 3.8) is 0 Å². The maximum Gasteiger partial charge on any atom is 0.387 e. The molecule has 24 heavy (non-hydrogen) atoms. The van der Waals surface area contributed by atoms with Crippen molar-refractivity contribution in [3.8, 4) is 17.2 Å². The molecule has 1 amide bonds. The second-order valence-corrected chi connectivity index (χ2v) is 5.14. The van der Waals surface area contributed by atoms with E-state index < -0.39 is 6.61 Å². The summed E-state index contributed by atoms with van der Waals surface area (Å²) in [5.74, 6) is -0.676. The van der Waals surface area contributed by atoms with Gasteiger partial charge in [0.15, 0.2) is 11.5 Å². The predicted molar refractivity (Wildman–Crippen MR) is 86.0 cm³/mol. The second kappa shape index (κ2) is 9.92. The molecule has 0 radical (unpaired) electrons. The number of carbonyl (C=O) groups is 1. The summed E-state index contributed by atoms with van der Waals surface area (Å²) in [7, 11) is 2.58. The smallest absolute Gasteiger partial charge is 0.387 e. The highest BCUT2D eigenvalue weighted by molar-refractivity contribution is 5.95. The largest absolute Gasteiger partial charge is 0.493 e. The van der Waals surface area contributed by atoms with Crippen LogP contribution >= 0.6 is 0 Å². The molecule has 1 unspecified atom stereocenters. The SMILES string of the molecule is CCCCC(CN)NC(=O)c1cc(OC)c(OC(F)F)c(OC)c1. The number of amides is 1. The Hall–Kier alpha value is -2.09. The van der Waals surface area contributed by atoms with Gasteiger partial charge in [-0.15, -0.1) is 0 Å². The highest BCUT2D eigenvalue weighted by atomic mass is 19.3. The summed E-state index contributed by atoms with van der Waals surface area (Å²) in [6, 6.07) is 2.48. The van der Waals surface area contributed by atoms with Gasteiger partial charge < -0.3 is 25.3 Å². The molecule has 1 atom stereocenters. The van der Waals surface area contributed by atoms with Crippen molar-refractivity contribution in [1.82, 2.24) is 5.32 Å². The van der Waals surface area contributed by atoms with Gasteiger partial charge in [0.2, 0.25) is 5.75 Å². The molecular weight excluding hydrogens is 322 g/mol. The molecule has 0 bridgehead atoms. The topological polar surface area (TPSA) is 82.8 Å². The van der Waals surface area contributed by atoms with Crippen LogP contribution in [0.2, 0.25) is 0 Å². The molecule has 8 heteroatoms. The monoisotopic (exact) mass is 346 g/mol. The number of carbonyl (C=O) groups excluding carboxylic acids is 1. The van der Waals surface area contributed by atoms with Crippen molar-refractivity contribution in [2.24, 2.45) is 5.73 Å². The molecule has 1 aromatic rings. The third-order valence-electron chi connectivity index (χ3n) is 3.46. The quantitative estimate of drug-likeness (QED) is 0.680. The van der Waals surface area contributed by atoms with E-state index in [2.05, 4.69) is 10.1 Å². The lowest BCUT2D eigenvalue weighted by atomic mass is 10.1. The van der Waals surface area contributed by atoms with Gasteiger partial charge in [0.25, 0.3) is 5.91 Å². The number of benzene rings is 1. The molecule has 0 fully saturated rings. The van der Waals surface area contributed by atoms with E-state index in [-0.39, 0.29) is 34.8 Å². The van der Waals surface area contributed by atoms with Crippen molar-refractivity contribution in [1.29, 1.82) is 0 Å². The van der Waals surface area contributed by atoms with Gasteiger partial charge in [-0.25, -0.2) is 0 Å². The van der Waals surface area contributed by atoms with E-state index in [1.807, 2.05) is 6.92 Å². The van der Waals surface area contributed by atoms with Crippen molar-refractivity contribution >= 4 is 5.91 Å². The molecule has 0 saturated heterocycles. The number of rotatable bonds is 10. The third kappa shape index (κ3) is 5.52. The minimum Gasteiger partial charge on any atom is -0.493 e. The first-order valence-electron chi connectivity index (χ1n) is 7.68. The zero-order chi connectivity index (χ0) is 18.1. The Morgan fingerprint density at radius 2 is 1.83 bits per heavy atom. The fourth-order valence-electron chi connectivity index (χ4n) is 2.18. The highest BCUT2D eigenvalue weighted by Gasteiger charge is 2.21. The Morgan fingerprint density at radius 3 is 2.25 bits per heavy atom. The van der Waals surface area contributed by atoms with Crippen LogP contribution in [0.4, 0.5) is 8.78 Å². The summed E-state index contributed by atoms with van der Waals surface area (Å²) >= 11 is 0. The second-order valence-electron chi connectivity index (χ2n) is 5.14. The van der Waals surface area contributed by atoms with Crippen LogP contribution in [-0.2, 0) is 0 Å². The van der Waals surface area contributed by atoms with Gasteiger partial charge in [-0.05, 0) is 18.6 Å². The summed E-state index contributed by atoms with van der Waals surface area (Å²) in [6.07, 6.45) is 2.70. The average Bonchev–Trinajstić information content (AvgIpc) is 2.57. The van der Waals surface area contributed by atoms with Crippen LogP contribution < -0.4 is 25.3 Å². The molecule has 0 spiro atoms. The zero-order valence-electron chi connectivity index (χ0n) is 14.1. The van der Waals surface area contributed by atoms with Gasteiger partial charge in [0, 0.05) is 18.2 Å². The molecule has 1 rings (SSSR count). The molecule has 0 aliphatic heterocycles. The lowest BCUT2D eigenvalue weighted by Gasteiger charge is -2.18. The van der Waals surface area contributed by atoms with Crippen LogP contribution in [0.3, 0.4) is 0 Å². The highest BCUT2D eigenvalue weighted by Crippen LogP contribution is 2.39. The number of nitrogens with one attached hydrogen (secondary N) is 1. The van der Waals surface area contributed by atoms with E-state index in [1.165, 1.54) is 26.4 Å². The third-order valence-corrected chi connectivity index (χ3v) is 3.46. The fraction of sp³-hybridized carbons (Fsp3) is 0.562. The van der Waals surface area contributed by atoms with E-state index in [4.69, 9.17) is 15.2 Å². The van der Waals surface area contributed by atoms with E-state index in [0.717, 1.165) is 19.3 Å². The van der Waals surface area contributed by atoms with Gasteiger partial charge in [0.05, 0.1) is 14.2 Å².